The first kappa shape index (κ1) is 16.0. The van der Waals surface area contributed by atoms with Gasteiger partial charge < -0.3 is 15.2 Å². The van der Waals surface area contributed by atoms with Gasteiger partial charge in [-0.05, 0) is 19.3 Å². The van der Waals surface area contributed by atoms with Crippen molar-refractivity contribution in [1.29, 1.82) is 0 Å². The van der Waals surface area contributed by atoms with Gasteiger partial charge in [0.05, 0.1) is 48.9 Å². The number of amides is 1. The molecule has 6 nitrogen and oxygen atoms in total. The van der Waals surface area contributed by atoms with Crippen LogP contribution in [0.3, 0.4) is 0 Å². The monoisotopic (exact) mass is 295 g/mol. The normalized spacial score (nSPS) is 22.0. The quantitative estimate of drug-likeness (QED) is 0.829. The van der Waals surface area contributed by atoms with E-state index in [0.717, 1.165) is 25.0 Å². The summed E-state index contributed by atoms with van der Waals surface area (Å²) in [6.45, 7) is 6.91. The summed E-state index contributed by atoms with van der Waals surface area (Å²) in [6, 6.07) is -0.0133. The molecule has 0 aromatic carbocycles. The number of rotatable bonds is 6. The average Bonchev–Trinajstić information content (AvgIpc) is 3.07. The van der Waals surface area contributed by atoms with Crippen molar-refractivity contribution in [3.05, 3.63) is 17.5 Å². The Labute approximate surface area is 125 Å². The molecule has 0 aliphatic carbocycles. The molecule has 1 saturated heterocycles. The van der Waals surface area contributed by atoms with Crippen molar-refractivity contribution in [1.82, 2.24) is 15.1 Å². The third kappa shape index (κ3) is 3.27. The van der Waals surface area contributed by atoms with Crippen LogP contribution in [0.1, 0.15) is 55.7 Å². The van der Waals surface area contributed by atoms with Crippen LogP contribution in [0, 0.1) is 0 Å². The van der Waals surface area contributed by atoms with Crippen LogP contribution in [0.4, 0.5) is 0 Å². The lowest BCUT2D eigenvalue weighted by molar-refractivity contribution is 0.0885. The molecule has 0 radical (unpaired) electrons. The predicted octanol–water partition coefficient (Wildman–Crippen LogP) is 1.30. The Balaban J connectivity index is 2.17. The summed E-state index contributed by atoms with van der Waals surface area (Å²) in [5.41, 5.74) is 1.55. The minimum atomic E-state index is -0.631. The number of nitrogens with one attached hydrogen (secondary N) is 1. The summed E-state index contributed by atoms with van der Waals surface area (Å²) >= 11 is 0. The van der Waals surface area contributed by atoms with E-state index in [2.05, 4.69) is 24.3 Å². The molecule has 1 amide bonds. The molecular weight excluding hydrogens is 270 g/mol. The van der Waals surface area contributed by atoms with E-state index in [4.69, 9.17) is 4.74 Å². The molecule has 2 N–H and O–H groups in total. The smallest absolute Gasteiger partial charge is 0.255 e. The van der Waals surface area contributed by atoms with E-state index in [1.54, 1.807) is 6.20 Å². The fourth-order valence-corrected chi connectivity index (χ4v) is 2.81. The second kappa shape index (κ2) is 7.04. The van der Waals surface area contributed by atoms with E-state index in [-0.39, 0.29) is 18.6 Å². The van der Waals surface area contributed by atoms with Crippen LogP contribution in [0.15, 0.2) is 6.20 Å². The SMILES string of the molecule is CCc1c(C(=O)N[C@@H]2COC[C@H]2O)cnn1C(CC)CC. The molecule has 0 unspecified atom stereocenters. The van der Waals surface area contributed by atoms with Gasteiger partial charge in [-0.25, -0.2) is 0 Å². The van der Waals surface area contributed by atoms with Crippen LogP contribution in [0.2, 0.25) is 0 Å². The van der Waals surface area contributed by atoms with Gasteiger partial charge in [0.2, 0.25) is 0 Å². The summed E-state index contributed by atoms with van der Waals surface area (Å²) in [4.78, 5) is 12.4. The lowest BCUT2D eigenvalue weighted by Gasteiger charge is -2.18. The van der Waals surface area contributed by atoms with Crippen LogP contribution < -0.4 is 5.32 Å². The lowest BCUT2D eigenvalue weighted by Crippen LogP contribution is -2.42. The number of aromatic nitrogens is 2. The van der Waals surface area contributed by atoms with Gasteiger partial charge in [-0.1, -0.05) is 20.8 Å². The molecular formula is C15H25N3O3. The van der Waals surface area contributed by atoms with E-state index in [9.17, 15) is 9.90 Å². The molecule has 21 heavy (non-hydrogen) atoms. The molecule has 2 rings (SSSR count). The highest BCUT2D eigenvalue weighted by molar-refractivity contribution is 5.95. The van der Waals surface area contributed by atoms with Gasteiger partial charge in [-0.15, -0.1) is 0 Å². The van der Waals surface area contributed by atoms with Gasteiger partial charge >= 0.3 is 0 Å². The largest absolute Gasteiger partial charge is 0.388 e. The summed E-state index contributed by atoms with van der Waals surface area (Å²) < 4.78 is 7.12. The van der Waals surface area contributed by atoms with Gasteiger partial charge in [0.25, 0.3) is 5.91 Å². The lowest BCUT2D eigenvalue weighted by atomic mass is 10.1. The van der Waals surface area contributed by atoms with Crippen LogP contribution in [-0.2, 0) is 11.2 Å². The van der Waals surface area contributed by atoms with Crippen LogP contribution in [0.5, 0.6) is 0 Å². The third-order valence-electron chi connectivity index (χ3n) is 4.13. The molecule has 1 aromatic heterocycles. The standard InChI is InChI=1S/C15H25N3O3/c1-4-10(5-2)18-13(6-3)11(7-16-18)15(20)17-12-8-21-9-14(12)19/h7,10,12,14,19H,4-6,8-9H2,1-3H3,(H,17,20)/t12-,14-/m1/s1. The molecule has 0 bridgehead atoms. The highest BCUT2D eigenvalue weighted by Gasteiger charge is 2.29. The Morgan fingerprint density at radius 3 is 2.71 bits per heavy atom. The van der Waals surface area contributed by atoms with Crippen molar-refractivity contribution in [3.63, 3.8) is 0 Å². The number of nitrogens with zero attached hydrogens (tertiary/aromatic N) is 2. The Hall–Kier alpha value is -1.40. The summed E-state index contributed by atoms with van der Waals surface area (Å²) in [6.07, 6.45) is 3.73. The molecule has 2 atom stereocenters. The van der Waals surface area contributed by atoms with Crippen molar-refractivity contribution in [3.8, 4) is 0 Å². The molecule has 118 valence electrons. The number of carbonyl (C=O) groups is 1. The summed E-state index contributed by atoms with van der Waals surface area (Å²) in [7, 11) is 0. The zero-order valence-corrected chi connectivity index (χ0v) is 13.0. The van der Waals surface area contributed by atoms with E-state index in [0.29, 0.717) is 18.2 Å². The molecule has 6 heteroatoms. The maximum absolute atomic E-state index is 12.4. The van der Waals surface area contributed by atoms with Crippen molar-refractivity contribution < 1.29 is 14.6 Å². The number of hydrogen-bond donors (Lipinski definition) is 2. The zero-order chi connectivity index (χ0) is 15.4. The topological polar surface area (TPSA) is 76.4 Å². The molecule has 1 aliphatic rings. The molecule has 1 fully saturated rings. The first-order valence-corrected chi connectivity index (χ1v) is 7.75. The Kier molecular flexibility index (Phi) is 5.36. The highest BCUT2D eigenvalue weighted by Crippen LogP contribution is 2.20. The maximum atomic E-state index is 12.4. The maximum Gasteiger partial charge on any atom is 0.255 e. The second-order valence-corrected chi connectivity index (χ2v) is 5.46. The van der Waals surface area contributed by atoms with Gasteiger partial charge in [-0.3, -0.25) is 9.48 Å². The summed E-state index contributed by atoms with van der Waals surface area (Å²) in [5.74, 6) is -0.182. The van der Waals surface area contributed by atoms with Crippen molar-refractivity contribution >= 4 is 5.91 Å². The van der Waals surface area contributed by atoms with E-state index >= 15 is 0 Å². The molecule has 1 aromatic rings. The molecule has 1 aliphatic heterocycles. The van der Waals surface area contributed by atoms with Crippen LogP contribution in [0.25, 0.3) is 0 Å². The Morgan fingerprint density at radius 2 is 2.19 bits per heavy atom. The van der Waals surface area contributed by atoms with E-state index in [1.165, 1.54) is 0 Å². The third-order valence-corrected chi connectivity index (χ3v) is 4.13. The number of aliphatic hydroxyl groups is 1. The minimum Gasteiger partial charge on any atom is -0.388 e. The first-order chi connectivity index (χ1) is 10.1. The van der Waals surface area contributed by atoms with Gasteiger partial charge in [-0.2, -0.15) is 5.10 Å². The summed E-state index contributed by atoms with van der Waals surface area (Å²) in [5, 5.41) is 17.0. The first-order valence-electron chi connectivity index (χ1n) is 7.75. The number of ether oxygens (including phenoxy) is 1. The van der Waals surface area contributed by atoms with Gasteiger partial charge in [0.1, 0.15) is 0 Å². The fourth-order valence-electron chi connectivity index (χ4n) is 2.81. The van der Waals surface area contributed by atoms with E-state index in [1.807, 2.05) is 11.6 Å². The molecule has 0 saturated carbocycles. The predicted molar refractivity (Wildman–Crippen MR) is 79.3 cm³/mol. The Morgan fingerprint density at radius 1 is 1.48 bits per heavy atom. The van der Waals surface area contributed by atoms with Crippen molar-refractivity contribution in [2.75, 3.05) is 13.2 Å². The van der Waals surface area contributed by atoms with Gasteiger partial charge in [0.15, 0.2) is 0 Å². The average molecular weight is 295 g/mol. The Bertz CT molecular complexity index is 483. The van der Waals surface area contributed by atoms with E-state index < -0.39 is 6.10 Å². The molecule has 2 heterocycles. The number of aliphatic hydroxyl groups excluding tert-OH is 1. The minimum absolute atomic E-state index is 0.182. The van der Waals surface area contributed by atoms with Crippen LogP contribution >= 0.6 is 0 Å². The molecule has 0 spiro atoms. The van der Waals surface area contributed by atoms with Crippen molar-refractivity contribution in [2.24, 2.45) is 0 Å². The van der Waals surface area contributed by atoms with Gasteiger partial charge in [0, 0.05) is 0 Å². The highest BCUT2D eigenvalue weighted by atomic mass is 16.5. The fraction of sp³-hybridized carbons (Fsp3) is 0.733. The second-order valence-electron chi connectivity index (χ2n) is 5.46. The number of carbonyl (C=O) groups excluding carboxylic acids is 1. The zero-order valence-electron chi connectivity index (χ0n) is 13.0. The van der Waals surface area contributed by atoms with Crippen LogP contribution in [-0.4, -0.2) is 46.2 Å². The number of hydrogen-bond acceptors (Lipinski definition) is 4. The van der Waals surface area contributed by atoms with Crippen molar-refractivity contribution in [2.45, 2.75) is 58.2 Å².